The third-order valence-corrected chi connectivity index (χ3v) is 3.68. The molecule has 4 N–H and O–H groups in total. The first-order valence-electron chi connectivity index (χ1n) is 8.12. The van der Waals surface area contributed by atoms with Crippen LogP contribution in [0.1, 0.15) is 20.8 Å². The molecule has 1 aromatic carbocycles. The van der Waals surface area contributed by atoms with Crippen LogP contribution in [0.4, 0.5) is 5.69 Å². The molecular formula is C16H23N7O2. The average Bonchev–Trinajstić information content (AvgIpc) is 3.07. The fraction of sp³-hybridized carbons (Fsp3) is 0.438. The first kappa shape index (κ1) is 18.5. The first-order chi connectivity index (χ1) is 11.9. The Hall–Kier alpha value is -2.81. The van der Waals surface area contributed by atoms with E-state index in [1.165, 1.54) is 0 Å². The van der Waals surface area contributed by atoms with Crippen molar-refractivity contribution in [2.45, 2.75) is 33.4 Å². The minimum absolute atomic E-state index is 0.00395. The van der Waals surface area contributed by atoms with Crippen LogP contribution in [0.2, 0.25) is 0 Å². The first-order valence-corrected chi connectivity index (χ1v) is 8.12. The van der Waals surface area contributed by atoms with Gasteiger partial charge in [-0.2, -0.15) is 0 Å². The number of carbonyl (C=O) groups is 2. The Labute approximate surface area is 146 Å². The van der Waals surface area contributed by atoms with Crippen LogP contribution in [-0.2, 0) is 16.1 Å². The molecule has 2 amide bonds. The summed E-state index contributed by atoms with van der Waals surface area (Å²) in [7, 11) is 0. The summed E-state index contributed by atoms with van der Waals surface area (Å²) in [6, 6.07) is 6.55. The van der Waals surface area contributed by atoms with Crippen molar-refractivity contribution >= 4 is 17.5 Å². The number of aryl methyl sites for hydroxylation is 1. The van der Waals surface area contributed by atoms with Crippen molar-refractivity contribution in [3.05, 3.63) is 24.3 Å². The van der Waals surface area contributed by atoms with Gasteiger partial charge in [0.2, 0.25) is 11.8 Å². The highest BCUT2D eigenvalue weighted by molar-refractivity contribution is 5.95. The van der Waals surface area contributed by atoms with E-state index in [0.29, 0.717) is 18.1 Å². The third kappa shape index (κ3) is 4.83. The van der Waals surface area contributed by atoms with Gasteiger partial charge in [-0.1, -0.05) is 26.0 Å². The van der Waals surface area contributed by atoms with Gasteiger partial charge >= 0.3 is 0 Å². The molecule has 1 heterocycles. The number of anilines is 1. The van der Waals surface area contributed by atoms with Crippen LogP contribution in [-0.4, -0.2) is 44.6 Å². The number of nitrogens with two attached hydrogens (primary N) is 1. The van der Waals surface area contributed by atoms with Crippen LogP contribution in [0.15, 0.2) is 24.3 Å². The highest BCUT2D eigenvalue weighted by Crippen LogP contribution is 2.20. The molecule has 2 rings (SSSR count). The molecule has 9 heteroatoms. The van der Waals surface area contributed by atoms with E-state index in [0.717, 1.165) is 5.56 Å². The fourth-order valence-corrected chi connectivity index (χ4v) is 2.15. The topological polar surface area (TPSA) is 128 Å². The van der Waals surface area contributed by atoms with E-state index in [4.69, 9.17) is 5.73 Å². The number of hydrogen-bond acceptors (Lipinski definition) is 6. The summed E-state index contributed by atoms with van der Waals surface area (Å²) in [5.41, 5.74) is 7.12. The zero-order chi connectivity index (χ0) is 18.4. The van der Waals surface area contributed by atoms with E-state index >= 15 is 0 Å². The lowest BCUT2D eigenvalue weighted by Crippen LogP contribution is -2.46. The van der Waals surface area contributed by atoms with Crippen LogP contribution in [0, 0.1) is 5.92 Å². The predicted molar refractivity (Wildman–Crippen MR) is 93.4 cm³/mol. The lowest BCUT2D eigenvalue weighted by atomic mass is 10.1. The smallest absolute Gasteiger partial charge is 0.243 e. The zero-order valence-corrected chi connectivity index (χ0v) is 14.6. The molecule has 0 aliphatic rings. The molecule has 0 spiro atoms. The number of nitrogens with zero attached hydrogens (tertiary/aromatic N) is 4. The maximum absolute atomic E-state index is 12.0. The van der Waals surface area contributed by atoms with Gasteiger partial charge in [-0.05, 0) is 35.4 Å². The largest absolute Gasteiger partial charge is 0.346 e. The van der Waals surface area contributed by atoms with Crippen LogP contribution >= 0.6 is 0 Å². The van der Waals surface area contributed by atoms with Gasteiger partial charge in [-0.3, -0.25) is 9.59 Å². The fourth-order valence-electron chi connectivity index (χ4n) is 2.15. The Morgan fingerprint density at radius 3 is 2.76 bits per heavy atom. The average molecular weight is 345 g/mol. The molecule has 0 radical (unpaired) electrons. The van der Waals surface area contributed by atoms with Gasteiger partial charge in [-0.25, -0.2) is 4.68 Å². The summed E-state index contributed by atoms with van der Waals surface area (Å²) in [5, 5.41) is 16.8. The summed E-state index contributed by atoms with van der Waals surface area (Å²) >= 11 is 0. The van der Waals surface area contributed by atoms with Crippen molar-refractivity contribution in [2.75, 3.05) is 11.9 Å². The molecule has 134 valence electrons. The maximum Gasteiger partial charge on any atom is 0.243 e. The SMILES string of the molecule is CCn1nnnc1-c1cccc(NC(=O)CNC(=O)[C@@H](N)C(C)C)c1. The minimum atomic E-state index is -0.635. The van der Waals surface area contributed by atoms with Gasteiger partial charge in [0, 0.05) is 17.8 Å². The van der Waals surface area contributed by atoms with Gasteiger partial charge in [0.15, 0.2) is 5.82 Å². The van der Waals surface area contributed by atoms with Crippen LogP contribution in [0.3, 0.4) is 0 Å². The molecule has 25 heavy (non-hydrogen) atoms. The quantitative estimate of drug-likeness (QED) is 0.666. The Bertz CT molecular complexity index is 742. The zero-order valence-electron chi connectivity index (χ0n) is 14.6. The molecule has 0 aliphatic carbocycles. The predicted octanol–water partition coefficient (Wildman–Crippen LogP) is 0.398. The Balaban J connectivity index is 1.98. The van der Waals surface area contributed by atoms with Crippen LogP contribution in [0.25, 0.3) is 11.4 Å². The number of nitrogens with one attached hydrogen (secondary N) is 2. The molecule has 0 bridgehead atoms. The monoisotopic (exact) mass is 345 g/mol. The van der Waals surface area contributed by atoms with Gasteiger partial charge in [-0.15, -0.1) is 5.10 Å². The molecule has 0 saturated carbocycles. The number of tetrazole rings is 1. The van der Waals surface area contributed by atoms with Gasteiger partial charge < -0.3 is 16.4 Å². The van der Waals surface area contributed by atoms with Crippen molar-refractivity contribution in [1.29, 1.82) is 0 Å². The second-order valence-electron chi connectivity index (χ2n) is 5.93. The third-order valence-electron chi connectivity index (χ3n) is 3.68. The van der Waals surface area contributed by atoms with Crippen molar-refractivity contribution in [1.82, 2.24) is 25.5 Å². The van der Waals surface area contributed by atoms with Gasteiger partial charge in [0.25, 0.3) is 0 Å². The lowest BCUT2D eigenvalue weighted by molar-refractivity contribution is -0.125. The van der Waals surface area contributed by atoms with E-state index in [1.807, 2.05) is 26.8 Å². The van der Waals surface area contributed by atoms with E-state index in [-0.39, 0.29) is 24.3 Å². The lowest BCUT2D eigenvalue weighted by Gasteiger charge is -2.15. The summed E-state index contributed by atoms with van der Waals surface area (Å²) in [4.78, 5) is 23.8. The standard InChI is InChI=1S/C16H23N7O2/c1-4-23-15(20-21-22-23)11-6-5-7-12(8-11)19-13(24)9-18-16(25)14(17)10(2)3/h5-8,10,14H,4,9,17H2,1-3H3,(H,18,25)(H,19,24)/t14-/m0/s1. The van der Waals surface area contributed by atoms with Crippen molar-refractivity contribution in [2.24, 2.45) is 11.7 Å². The van der Waals surface area contributed by atoms with E-state index < -0.39 is 6.04 Å². The van der Waals surface area contributed by atoms with Gasteiger partial charge in [0.05, 0.1) is 12.6 Å². The molecule has 1 aromatic heterocycles. The molecule has 0 fully saturated rings. The molecule has 0 aliphatic heterocycles. The Morgan fingerprint density at radius 2 is 2.08 bits per heavy atom. The Morgan fingerprint density at radius 1 is 1.32 bits per heavy atom. The van der Waals surface area contributed by atoms with Crippen LogP contribution < -0.4 is 16.4 Å². The van der Waals surface area contributed by atoms with Crippen LogP contribution in [0.5, 0.6) is 0 Å². The van der Waals surface area contributed by atoms with Crippen molar-refractivity contribution < 1.29 is 9.59 Å². The number of rotatable bonds is 7. The van der Waals surface area contributed by atoms with E-state index in [1.54, 1.807) is 22.9 Å². The minimum Gasteiger partial charge on any atom is -0.346 e. The number of carbonyl (C=O) groups excluding carboxylic acids is 2. The second-order valence-corrected chi connectivity index (χ2v) is 5.93. The normalized spacial score (nSPS) is 12.0. The number of hydrogen-bond donors (Lipinski definition) is 3. The molecule has 9 nitrogen and oxygen atoms in total. The second kappa shape index (κ2) is 8.34. The molecular weight excluding hydrogens is 322 g/mol. The molecule has 0 saturated heterocycles. The molecule has 0 unspecified atom stereocenters. The summed E-state index contributed by atoms with van der Waals surface area (Å²) in [5.74, 6) is -0.0587. The van der Waals surface area contributed by atoms with Crippen molar-refractivity contribution in [3.63, 3.8) is 0 Å². The summed E-state index contributed by atoms with van der Waals surface area (Å²) in [6.45, 7) is 6.13. The van der Waals surface area contributed by atoms with E-state index in [2.05, 4.69) is 26.2 Å². The molecule has 2 aromatic rings. The number of benzene rings is 1. The Kier molecular flexibility index (Phi) is 6.18. The number of amides is 2. The molecule has 1 atom stereocenters. The summed E-state index contributed by atoms with van der Waals surface area (Å²) < 4.78 is 1.66. The highest BCUT2D eigenvalue weighted by Gasteiger charge is 2.17. The maximum atomic E-state index is 12.0. The summed E-state index contributed by atoms with van der Waals surface area (Å²) in [6.07, 6.45) is 0. The number of aromatic nitrogens is 4. The highest BCUT2D eigenvalue weighted by atomic mass is 16.2. The van der Waals surface area contributed by atoms with Gasteiger partial charge in [0.1, 0.15) is 0 Å². The van der Waals surface area contributed by atoms with Crippen molar-refractivity contribution in [3.8, 4) is 11.4 Å². The van der Waals surface area contributed by atoms with E-state index in [9.17, 15) is 9.59 Å².